The summed E-state index contributed by atoms with van der Waals surface area (Å²) in [5.41, 5.74) is 1.59. The van der Waals surface area contributed by atoms with E-state index in [1.54, 1.807) is 0 Å². The van der Waals surface area contributed by atoms with E-state index in [1.165, 1.54) is 0 Å². The summed E-state index contributed by atoms with van der Waals surface area (Å²) in [6, 6.07) is 1.14. The maximum absolute atomic E-state index is 13.7. The number of halogens is 3. The molecule has 0 saturated heterocycles. The van der Waals surface area contributed by atoms with Crippen LogP contribution in [0.15, 0.2) is 17.0 Å². The van der Waals surface area contributed by atoms with Gasteiger partial charge in [0.25, 0.3) is 10.0 Å². The molecule has 0 unspecified atom stereocenters. The molecule has 5 nitrogen and oxygen atoms in total. The molecule has 4 aliphatic carbocycles. The normalized spacial score (nSPS) is 32.7. The molecule has 0 aliphatic heterocycles. The highest BCUT2D eigenvalue weighted by Gasteiger charge is 2.54. The minimum Gasteiger partial charge on any atom is -0.277 e. The van der Waals surface area contributed by atoms with E-state index < -0.39 is 43.7 Å². The van der Waals surface area contributed by atoms with Gasteiger partial charge in [0.2, 0.25) is 5.91 Å². The minimum atomic E-state index is -4.56. The molecule has 26 heavy (non-hydrogen) atoms. The zero-order valence-corrected chi connectivity index (χ0v) is 14.7. The van der Waals surface area contributed by atoms with E-state index in [1.807, 2.05) is 4.83 Å². The van der Waals surface area contributed by atoms with Crippen LogP contribution in [-0.2, 0) is 14.8 Å². The summed E-state index contributed by atoms with van der Waals surface area (Å²) in [5.74, 6) is -4.13. The lowest BCUT2D eigenvalue weighted by atomic mass is 9.49. The molecule has 1 amide bonds. The van der Waals surface area contributed by atoms with Crippen LogP contribution in [0.25, 0.3) is 0 Å². The highest BCUT2D eigenvalue weighted by atomic mass is 32.2. The first-order valence-electron chi connectivity index (χ1n) is 8.66. The number of benzene rings is 1. The standard InChI is InChI=1S/C17H19F3N2O3S/c18-12-1-2-13(15(20)14(12)19)26(24,25)22-21-16(23)17-6-9-3-10(7-17)5-11(4-9)8-17/h1-2,9-11,22H,3-8H2,(H,21,23). The summed E-state index contributed by atoms with van der Waals surface area (Å²) in [7, 11) is -4.56. The van der Waals surface area contributed by atoms with E-state index in [0.717, 1.165) is 38.5 Å². The van der Waals surface area contributed by atoms with Gasteiger partial charge in [-0.05, 0) is 68.4 Å². The maximum Gasteiger partial charge on any atom is 0.260 e. The van der Waals surface area contributed by atoms with Crippen molar-refractivity contribution < 1.29 is 26.4 Å². The van der Waals surface area contributed by atoms with Crippen molar-refractivity contribution in [3.8, 4) is 0 Å². The van der Waals surface area contributed by atoms with Crippen molar-refractivity contribution in [2.75, 3.05) is 0 Å². The fourth-order valence-electron chi connectivity index (χ4n) is 5.41. The van der Waals surface area contributed by atoms with Gasteiger partial charge >= 0.3 is 0 Å². The number of carbonyl (C=O) groups excluding carboxylic acids is 1. The van der Waals surface area contributed by atoms with E-state index in [9.17, 15) is 26.4 Å². The molecule has 1 aromatic carbocycles. The van der Waals surface area contributed by atoms with Gasteiger partial charge in [0.15, 0.2) is 17.5 Å². The Morgan fingerprint density at radius 3 is 2.04 bits per heavy atom. The van der Waals surface area contributed by atoms with Gasteiger partial charge in [-0.1, -0.05) is 0 Å². The van der Waals surface area contributed by atoms with Crippen molar-refractivity contribution in [3.05, 3.63) is 29.6 Å². The van der Waals surface area contributed by atoms with Crippen molar-refractivity contribution >= 4 is 15.9 Å². The number of amides is 1. The summed E-state index contributed by atoms with van der Waals surface area (Å²) >= 11 is 0. The second-order valence-corrected chi connectivity index (χ2v) is 9.58. The molecule has 0 aromatic heterocycles. The third-order valence-electron chi connectivity index (χ3n) is 6.11. The van der Waals surface area contributed by atoms with Crippen LogP contribution in [0, 0.1) is 40.6 Å². The molecule has 2 N–H and O–H groups in total. The lowest BCUT2D eigenvalue weighted by Gasteiger charge is -2.55. The maximum atomic E-state index is 13.7. The second-order valence-electron chi connectivity index (χ2n) is 7.93. The van der Waals surface area contributed by atoms with Crippen LogP contribution < -0.4 is 10.3 Å². The molecule has 142 valence electrons. The van der Waals surface area contributed by atoms with Crippen LogP contribution >= 0.6 is 0 Å². The number of rotatable bonds is 4. The Bertz CT molecular complexity index is 837. The van der Waals surface area contributed by atoms with Gasteiger partial charge < -0.3 is 0 Å². The summed E-state index contributed by atoms with van der Waals surface area (Å²) in [6.07, 6.45) is 5.55. The van der Waals surface area contributed by atoms with Crippen LogP contribution in [0.2, 0.25) is 0 Å². The molecular weight excluding hydrogens is 369 g/mol. The number of hydrazine groups is 1. The van der Waals surface area contributed by atoms with Crippen LogP contribution in [0.3, 0.4) is 0 Å². The average Bonchev–Trinajstić information content (AvgIpc) is 2.56. The van der Waals surface area contributed by atoms with Crippen molar-refractivity contribution in [1.82, 2.24) is 10.3 Å². The van der Waals surface area contributed by atoms with Crippen molar-refractivity contribution in [2.45, 2.75) is 43.4 Å². The monoisotopic (exact) mass is 388 g/mol. The predicted molar refractivity (Wildman–Crippen MR) is 85.4 cm³/mol. The predicted octanol–water partition coefficient (Wildman–Crippen LogP) is 2.63. The summed E-state index contributed by atoms with van der Waals surface area (Å²) in [5, 5.41) is 0. The smallest absolute Gasteiger partial charge is 0.260 e. The number of carbonyl (C=O) groups is 1. The zero-order valence-electron chi connectivity index (χ0n) is 13.9. The highest BCUT2D eigenvalue weighted by molar-refractivity contribution is 7.89. The SMILES string of the molecule is O=C(NNS(=O)(=O)c1ccc(F)c(F)c1F)C12CC3CC(CC(C3)C1)C2. The molecule has 5 rings (SSSR count). The van der Waals surface area contributed by atoms with Gasteiger partial charge in [-0.15, -0.1) is 4.83 Å². The van der Waals surface area contributed by atoms with E-state index in [4.69, 9.17) is 0 Å². The first kappa shape index (κ1) is 17.8. The number of nitrogens with one attached hydrogen (secondary N) is 2. The van der Waals surface area contributed by atoms with Crippen LogP contribution in [0.4, 0.5) is 13.2 Å². The quantitative estimate of drug-likeness (QED) is 0.615. The van der Waals surface area contributed by atoms with Gasteiger partial charge in [0, 0.05) is 0 Å². The molecular formula is C17H19F3N2O3S. The molecule has 0 atom stereocenters. The van der Waals surface area contributed by atoms with Gasteiger partial charge in [-0.3, -0.25) is 10.2 Å². The minimum absolute atomic E-state index is 0.428. The largest absolute Gasteiger partial charge is 0.277 e. The fraction of sp³-hybridized carbons (Fsp3) is 0.588. The number of sulfonamides is 1. The van der Waals surface area contributed by atoms with Crippen LogP contribution in [0.1, 0.15) is 38.5 Å². The van der Waals surface area contributed by atoms with Crippen LogP contribution in [0.5, 0.6) is 0 Å². The fourth-order valence-corrected chi connectivity index (χ4v) is 6.32. The lowest BCUT2D eigenvalue weighted by Crippen LogP contribution is -2.56. The third kappa shape index (κ3) is 2.81. The summed E-state index contributed by atoms with van der Waals surface area (Å²) < 4.78 is 64.4. The number of hydrogen-bond donors (Lipinski definition) is 2. The van der Waals surface area contributed by atoms with Gasteiger partial charge in [-0.25, -0.2) is 21.6 Å². The van der Waals surface area contributed by atoms with Crippen LogP contribution in [-0.4, -0.2) is 14.3 Å². The highest BCUT2D eigenvalue weighted by Crippen LogP contribution is 2.60. The van der Waals surface area contributed by atoms with Crippen molar-refractivity contribution in [1.29, 1.82) is 0 Å². The Hall–Kier alpha value is -1.61. The second kappa shape index (κ2) is 5.95. The topological polar surface area (TPSA) is 75.3 Å². The van der Waals surface area contributed by atoms with Gasteiger partial charge in [-0.2, -0.15) is 0 Å². The van der Waals surface area contributed by atoms with Gasteiger partial charge in [0.05, 0.1) is 5.41 Å². The Morgan fingerprint density at radius 2 is 1.50 bits per heavy atom. The first-order valence-corrected chi connectivity index (χ1v) is 10.1. The van der Waals surface area contributed by atoms with E-state index in [-0.39, 0.29) is 0 Å². The molecule has 4 bridgehead atoms. The molecule has 1 aromatic rings. The Morgan fingerprint density at radius 1 is 0.962 bits per heavy atom. The van der Waals surface area contributed by atoms with Crippen molar-refractivity contribution in [2.24, 2.45) is 23.2 Å². The third-order valence-corrected chi connectivity index (χ3v) is 7.37. The average molecular weight is 388 g/mol. The van der Waals surface area contributed by atoms with E-state index in [2.05, 4.69) is 5.43 Å². The van der Waals surface area contributed by atoms with E-state index in [0.29, 0.717) is 29.9 Å². The number of hydrogen-bond acceptors (Lipinski definition) is 3. The summed E-state index contributed by atoms with van der Waals surface area (Å²) in [6.45, 7) is 0. The molecule has 9 heteroatoms. The van der Waals surface area contributed by atoms with Crippen molar-refractivity contribution in [3.63, 3.8) is 0 Å². The molecule has 0 heterocycles. The Balaban J connectivity index is 1.50. The van der Waals surface area contributed by atoms with E-state index >= 15 is 0 Å². The summed E-state index contributed by atoms with van der Waals surface area (Å²) in [4.78, 5) is 13.5. The first-order chi connectivity index (χ1) is 12.2. The van der Waals surface area contributed by atoms with Gasteiger partial charge in [0.1, 0.15) is 4.90 Å². The molecule has 4 saturated carbocycles. The Labute approximate surface area is 149 Å². The zero-order chi connectivity index (χ0) is 18.7. The molecule has 0 spiro atoms. The Kier molecular flexibility index (Phi) is 4.07. The lowest BCUT2D eigenvalue weighted by molar-refractivity contribution is -0.146. The molecule has 4 aliphatic rings. The molecule has 4 fully saturated rings. The molecule has 0 radical (unpaired) electrons.